The molecule has 0 fully saturated rings. The zero-order chi connectivity index (χ0) is 21.3. The van der Waals surface area contributed by atoms with E-state index in [0.717, 1.165) is 5.56 Å². The van der Waals surface area contributed by atoms with Crippen molar-refractivity contribution < 1.29 is 23.8 Å². The summed E-state index contributed by atoms with van der Waals surface area (Å²) in [6.07, 6.45) is 0. The van der Waals surface area contributed by atoms with E-state index >= 15 is 0 Å². The molecule has 0 saturated carbocycles. The summed E-state index contributed by atoms with van der Waals surface area (Å²) in [5.74, 6) is 0.148. The molecule has 0 aliphatic heterocycles. The van der Waals surface area contributed by atoms with Crippen LogP contribution in [0.25, 0.3) is 11.3 Å². The van der Waals surface area contributed by atoms with Crippen LogP contribution in [0.1, 0.15) is 16.1 Å². The van der Waals surface area contributed by atoms with Gasteiger partial charge in [-0.25, -0.2) is 4.79 Å². The lowest BCUT2D eigenvalue weighted by Crippen LogP contribution is -2.28. The number of furan rings is 1. The summed E-state index contributed by atoms with van der Waals surface area (Å²) in [5.41, 5.74) is 1.69. The smallest absolute Gasteiger partial charge is 0.340 e. The number of carbonyl (C=O) groups excluding carboxylic acids is 2. The first-order valence-electron chi connectivity index (χ1n) is 9.29. The van der Waals surface area contributed by atoms with Gasteiger partial charge >= 0.3 is 5.97 Å². The third-order valence-corrected chi connectivity index (χ3v) is 4.41. The molecule has 30 heavy (non-hydrogen) atoms. The summed E-state index contributed by atoms with van der Waals surface area (Å²) < 4.78 is 10.8. The summed E-state index contributed by atoms with van der Waals surface area (Å²) in [7, 11) is 0. The second kappa shape index (κ2) is 10.5. The number of hydrogen-bond donors (Lipinski definition) is 3. The minimum Gasteiger partial charge on any atom is -0.459 e. The van der Waals surface area contributed by atoms with Crippen molar-refractivity contribution >= 4 is 29.2 Å². The number of aliphatic hydroxyl groups excluding tert-OH is 1. The highest BCUT2D eigenvalue weighted by Crippen LogP contribution is 2.23. The molecule has 156 valence electrons. The molecule has 0 aliphatic rings. The summed E-state index contributed by atoms with van der Waals surface area (Å²) in [6.45, 7) is -0.0270. The molecule has 1 aromatic heterocycles. The third-order valence-electron chi connectivity index (χ3n) is 4.16. The molecule has 3 aromatic rings. The Labute approximate surface area is 178 Å². The van der Waals surface area contributed by atoms with E-state index < -0.39 is 18.5 Å². The van der Waals surface area contributed by atoms with Crippen molar-refractivity contribution in [1.82, 2.24) is 5.32 Å². The number of rotatable bonds is 9. The molecule has 0 unspecified atom stereocenters. The minimum absolute atomic E-state index is 0.0711. The van der Waals surface area contributed by atoms with Gasteiger partial charge in [0.25, 0.3) is 5.91 Å². The molecular weight excluding hydrogens is 408 g/mol. The first-order chi connectivity index (χ1) is 14.6. The zero-order valence-corrected chi connectivity index (χ0v) is 16.8. The van der Waals surface area contributed by atoms with Crippen molar-refractivity contribution in [1.29, 1.82) is 0 Å². The van der Waals surface area contributed by atoms with Crippen LogP contribution in [0.4, 0.5) is 5.69 Å². The predicted molar refractivity (Wildman–Crippen MR) is 113 cm³/mol. The Morgan fingerprint density at radius 1 is 1.03 bits per heavy atom. The Balaban J connectivity index is 1.49. The number of para-hydroxylation sites is 1. The quantitative estimate of drug-likeness (QED) is 0.451. The van der Waals surface area contributed by atoms with Crippen LogP contribution in [-0.4, -0.2) is 36.7 Å². The zero-order valence-electron chi connectivity index (χ0n) is 16.1. The van der Waals surface area contributed by atoms with Gasteiger partial charge in [-0.2, -0.15) is 0 Å². The van der Waals surface area contributed by atoms with Gasteiger partial charge < -0.3 is 24.9 Å². The van der Waals surface area contributed by atoms with E-state index in [1.54, 1.807) is 48.5 Å². The van der Waals surface area contributed by atoms with Crippen molar-refractivity contribution in [2.24, 2.45) is 0 Å². The molecule has 8 heteroatoms. The number of hydrogen-bond acceptors (Lipinski definition) is 6. The number of aliphatic hydroxyl groups is 1. The van der Waals surface area contributed by atoms with Crippen LogP contribution in [0.15, 0.2) is 65.1 Å². The molecular formula is C22H21ClN2O5. The first-order valence-corrected chi connectivity index (χ1v) is 9.67. The number of halogens is 1. The number of carbonyl (C=O) groups is 2. The summed E-state index contributed by atoms with van der Waals surface area (Å²) in [4.78, 5) is 24.3. The van der Waals surface area contributed by atoms with E-state index in [0.29, 0.717) is 28.8 Å². The molecule has 7 nitrogen and oxygen atoms in total. The Bertz CT molecular complexity index is 1000. The number of ether oxygens (including phenoxy) is 1. The van der Waals surface area contributed by atoms with Gasteiger partial charge in [0.2, 0.25) is 0 Å². The normalized spacial score (nSPS) is 10.5. The van der Waals surface area contributed by atoms with Gasteiger partial charge in [-0.05, 0) is 48.5 Å². The molecule has 0 bridgehead atoms. The largest absolute Gasteiger partial charge is 0.459 e. The molecule has 0 spiro atoms. The maximum absolute atomic E-state index is 12.3. The van der Waals surface area contributed by atoms with E-state index in [2.05, 4.69) is 10.6 Å². The fraction of sp³-hybridized carbons (Fsp3) is 0.182. The summed E-state index contributed by atoms with van der Waals surface area (Å²) >= 11 is 5.88. The van der Waals surface area contributed by atoms with E-state index in [4.69, 9.17) is 25.9 Å². The van der Waals surface area contributed by atoms with Gasteiger partial charge in [0.15, 0.2) is 6.61 Å². The molecule has 0 radical (unpaired) electrons. The van der Waals surface area contributed by atoms with Crippen LogP contribution in [0.5, 0.6) is 0 Å². The number of benzene rings is 2. The summed E-state index contributed by atoms with van der Waals surface area (Å²) in [5, 5.41) is 15.1. The van der Waals surface area contributed by atoms with Crippen molar-refractivity contribution in [2.45, 2.75) is 6.54 Å². The Kier molecular flexibility index (Phi) is 7.48. The van der Waals surface area contributed by atoms with E-state index in [-0.39, 0.29) is 18.7 Å². The van der Waals surface area contributed by atoms with Gasteiger partial charge in [-0.3, -0.25) is 4.79 Å². The highest BCUT2D eigenvalue weighted by atomic mass is 35.5. The first kappa shape index (κ1) is 21.4. The molecule has 1 heterocycles. The Morgan fingerprint density at radius 3 is 2.57 bits per heavy atom. The van der Waals surface area contributed by atoms with Crippen LogP contribution >= 0.6 is 11.6 Å². The van der Waals surface area contributed by atoms with E-state index in [9.17, 15) is 9.59 Å². The van der Waals surface area contributed by atoms with Crippen LogP contribution < -0.4 is 10.6 Å². The number of esters is 1. The molecule has 1 amide bonds. The molecule has 0 saturated heterocycles. The average Bonchev–Trinajstić information content (AvgIpc) is 3.24. The van der Waals surface area contributed by atoms with Gasteiger partial charge in [0.1, 0.15) is 11.5 Å². The van der Waals surface area contributed by atoms with Crippen LogP contribution in [0.3, 0.4) is 0 Å². The standard InChI is InChI=1S/C22H21ClN2O5/c23-16-7-5-15(6-8-16)20-10-9-17(30-20)13-25-21(27)14-29-22(28)18-3-1-2-4-19(18)24-11-12-26/h1-10,24,26H,11-14H2,(H,25,27). The fourth-order valence-corrected chi connectivity index (χ4v) is 2.82. The van der Waals surface area contributed by atoms with Gasteiger partial charge in [-0.1, -0.05) is 23.7 Å². The Hall–Kier alpha value is -3.29. The number of nitrogens with one attached hydrogen (secondary N) is 2. The number of amides is 1. The molecule has 2 aromatic carbocycles. The lowest BCUT2D eigenvalue weighted by molar-refractivity contribution is -0.124. The maximum Gasteiger partial charge on any atom is 0.340 e. The maximum atomic E-state index is 12.3. The fourth-order valence-electron chi connectivity index (χ4n) is 2.69. The minimum atomic E-state index is -0.630. The molecule has 3 rings (SSSR count). The van der Waals surface area contributed by atoms with Crippen LogP contribution in [0, 0.1) is 0 Å². The predicted octanol–water partition coefficient (Wildman–Crippen LogP) is 3.48. The Morgan fingerprint density at radius 2 is 1.80 bits per heavy atom. The average molecular weight is 429 g/mol. The van der Waals surface area contributed by atoms with Crippen LogP contribution in [0.2, 0.25) is 5.02 Å². The summed E-state index contributed by atoms with van der Waals surface area (Å²) in [6, 6.07) is 17.5. The lowest BCUT2D eigenvalue weighted by atomic mass is 10.2. The second-order valence-corrected chi connectivity index (χ2v) is 6.76. The van der Waals surface area contributed by atoms with Crippen LogP contribution in [-0.2, 0) is 16.1 Å². The third kappa shape index (κ3) is 5.85. The SMILES string of the molecule is O=C(COC(=O)c1ccccc1NCCO)NCc1ccc(-c2ccc(Cl)cc2)o1. The molecule has 0 aliphatic carbocycles. The van der Waals surface area contributed by atoms with Gasteiger partial charge in [-0.15, -0.1) is 0 Å². The lowest BCUT2D eigenvalue weighted by Gasteiger charge is -2.11. The van der Waals surface area contributed by atoms with Crippen molar-refractivity contribution in [3.63, 3.8) is 0 Å². The van der Waals surface area contributed by atoms with Crippen molar-refractivity contribution in [3.8, 4) is 11.3 Å². The van der Waals surface area contributed by atoms with Gasteiger partial charge in [0.05, 0.1) is 18.7 Å². The van der Waals surface area contributed by atoms with Gasteiger partial charge in [0, 0.05) is 22.8 Å². The monoisotopic (exact) mass is 428 g/mol. The van der Waals surface area contributed by atoms with Crippen molar-refractivity contribution in [2.75, 3.05) is 25.1 Å². The van der Waals surface area contributed by atoms with E-state index in [1.807, 2.05) is 12.1 Å². The van der Waals surface area contributed by atoms with E-state index in [1.165, 1.54) is 0 Å². The highest BCUT2D eigenvalue weighted by Gasteiger charge is 2.14. The van der Waals surface area contributed by atoms with Crippen molar-refractivity contribution in [3.05, 3.63) is 77.0 Å². The highest BCUT2D eigenvalue weighted by molar-refractivity contribution is 6.30. The molecule has 3 N–H and O–H groups in total. The second-order valence-electron chi connectivity index (χ2n) is 6.32. The topological polar surface area (TPSA) is 101 Å². The number of anilines is 1. The molecule has 0 atom stereocenters.